The maximum Gasteiger partial charge on any atom is 0.336 e. The molecule has 0 spiro atoms. The van der Waals surface area contributed by atoms with E-state index < -0.39 is 18.0 Å². The summed E-state index contributed by atoms with van der Waals surface area (Å²) in [6, 6.07) is 1.15. The van der Waals surface area contributed by atoms with Crippen molar-refractivity contribution in [3.63, 3.8) is 0 Å². The van der Waals surface area contributed by atoms with Gasteiger partial charge in [0, 0.05) is 5.33 Å². The summed E-state index contributed by atoms with van der Waals surface area (Å²) in [6.07, 6.45) is -2.83. The molecule has 0 radical (unpaired) electrons. The molecule has 82 valence electrons. The molecule has 15 heavy (non-hydrogen) atoms. The standard InChI is InChI=1S/C8H5BrF2INO2/c9-2-3-1-4(8(14)15)5(6(10)11)7(12)13-3/h1,6H,2H2,(H,14,15). The van der Waals surface area contributed by atoms with Gasteiger partial charge in [0.15, 0.2) is 0 Å². The van der Waals surface area contributed by atoms with Crippen molar-refractivity contribution < 1.29 is 18.7 Å². The summed E-state index contributed by atoms with van der Waals surface area (Å²) in [5.74, 6) is -1.37. The molecule has 3 nitrogen and oxygen atoms in total. The number of aromatic nitrogens is 1. The maximum absolute atomic E-state index is 12.6. The third kappa shape index (κ3) is 2.83. The van der Waals surface area contributed by atoms with E-state index in [4.69, 9.17) is 5.11 Å². The van der Waals surface area contributed by atoms with Gasteiger partial charge in [-0.25, -0.2) is 18.6 Å². The number of pyridine rings is 1. The van der Waals surface area contributed by atoms with Crippen molar-refractivity contribution in [1.82, 2.24) is 4.98 Å². The molecule has 1 N–H and O–H groups in total. The van der Waals surface area contributed by atoms with E-state index in [9.17, 15) is 13.6 Å². The van der Waals surface area contributed by atoms with Crippen molar-refractivity contribution >= 4 is 44.5 Å². The molecule has 0 unspecified atom stereocenters. The highest BCUT2D eigenvalue weighted by Gasteiger charge is 2.22. The molecule has 0 fully saturated rings. The number of nitrogens with zero attached hydrogens (tertiary/aromatic N) is 1. The number of rotatable bonds is 3. The third-order valence-corrected chi connectivity index (χ3v) is 3.05. The number of carbonyl (C=O) groups is 1. The molecule has 1 aromatic heterocycles. The van der Waals surface area contributed by atoms with Crippen molar-refractivity contribution in [3.8, 4) is 0 Å². The van der Waals surface area contributed by atoms with Gasteiger partial charge in [0.05, 0.1) is 16.8 Å². The average Bonchev–Trinajstić information content (AvgIpc) is 2.15. The van der Waals surface area contributed by atoms with E-state index in [1.165, 1.54) is 0 Å². The molecule has 0 atom stereocenters. The van der Waals surface area contributed by atoms with Gasteiger partial charge in [0.1, 0.15) is 3.70 Å². The lowest BCUT2D eigenvalue weighted by atomic mass is 10.1. The SMILES string of the molecule is O=C(O)c1cc(CBr)nc(I)c1C(F)F. The van der Waals surface area contributed by atoms with Crippen molar-refractivity contribution in [2.45, 2.75) is 11.8 Å². The quantitative estimate of drug-likeness (QED) is 0.489. The first-order valence-electron chi connectivity index (χ1n) is 3.74. The Morgan fingerprint density at radius 1 is 1.67 bits per heavy atom. The molecule has 0 aromatic carbocycles. The molecule has 0 saturated heterocycles. The number of carboxylic acid groups (broad SMARTS) is 1. The van der Waals surface area contributed by atoms with Gasteiger partial charge in [-0.15, -0.1) is 0 Å². The second-order valence-electron chi connectivity index (χ2n) is 2.61. The number of halogens is 4. The second kappa shape index (κ2) is 5.15. The predicted octanol–water partition coefficient (Wildman–Crippen LogP) is 3.22. The minimum Gasteiger partial charge on any atom is -0.478 e. The van der Waals surface area contributed by atoms with Crippen LogP contribution in [0.1, 0.15) is 28.0 Å². The molecule has 0 bridgehead atoms. The van der Waals surface area contributed by atoms with Crippen molar-refractivity contribution in [1.29, 1.82) is 0 Å². The molecule has 0 aliphatic carbocycles. The fourth-order valence-electron chi connectivity index (χ4n) is 1.03. The van der Waals surface area contributed by atoms with Crippen LogP contribution in [0.3, 0.4) is 0 Å². The molecule has 1 rings (SSSR count). The molecule has 0 amide bonds. The summed E-state index contributed by atoms with van der Waals surface area (Å²) in [5, 5.41) is 9.11. The number of alkyl halides is 3. The number of hydrogen-bond acceptors (Lipinski definition) is 2. The van der Waals surface area contributed by atoms with Crippen molar-refractivity contribution in [2.75, 3.05) is 0 Å². The Balaban J connectivity index is 3.42. The van der Waals surface area contributed by atoms with Gasteiger partial charge in [-0.1, -0.05) is 15.9 Å². The van der Waals surface area contributed by atoms with Gasteiger partial charge < -0.3 is 5.11 Å². The van der Waals surface area contributed by atoms with Crippen molar-refractivity contribution in [2.24, 2.45) is 0 Å². The summed E-state index contributed by atoms with van der Waals surface area (Å²) in [5.41, 5.74) is -0.493. The lowest BCUT2D eigenvalue weighted by molar-refractivity contribution is 0.0683. The summed E-state index contributed by atoms with van der Waals surface area (Å²) in [7, 11) is 0. The monoisotopic (exact) mass is 391 g/mol. The molecule has 1 aromatic rings. The van der Waals surface area contributed by atoms with Gasteiger partial charge in [-0.2, -0.15) is 0 Å². The molecule has 0 aliphatic rings. The molecular weight excluding hydrogens is 387 g/mol. The highest BCUT2D eigenvalue weighted by atomic mass is 127. The van der Waals surface area contributed by atoms with Gasteiger partial charge >= 0.3 is 5.97 Å². The minimum atomic E-state index is -2.83. The molecular formula is C8H5BrF2INO2. The molecule has 1 heterocycles. The topological polar surface area (TPSA) is 50.2 Å². The molecule has 7 heteroatoms. The van der Waals surface area contributed by atoms with Crippen LogP contribution in [-0.2, 0) is 5.33 Å². The van der Waals surface area contributed by atoms with E-state index in [-0.39, 0.29) is 9.26 Å². The fourth-order valence-corrected chi connectivity index (χ4v) is 2.15. The zero-order valence-electron chi connectivity index (χ0n) is 7.18. The third-order valence-electron chi connectivity index (χ3n) is 1.65. The van der Waals surface area contributed by atoms with Crippen LogP contribution in [-0.4, -0.2) is 16.1 Å². The minimum absolute atomic E-state index is 0.0250. The smallest absolute Gasteiger partial charge is 0.336 e. The first-order chi connectivity index (χ1) is 6.97. The average molecular weight is 392 g/mol. The molecule has 0 saturated carbocycles. The first-order valence-corrected chi connectivity index (χ1v) is 5.94. The summed E-state index contributed by atoms with van der Waals surface area (Å²) in [4.78, 5) is 14.6. The summed E-state index contributed by atoms with van der Waals surface area (Å²) < 4.78 is 25.2. The van der Waals surface area contributed by atoms with Gasteiger partial charge in [0.2, 0.25) is 0 Å². The lowest BCUT2D eigenvalue weighted by Gasteiger charge is -2.08. The van der Waals surface area contributed by atoms with Gasteiger partial charge in [-0.05, 0) is 28.7 Å². The van der Waals surface area contributed by atoms with E-state index in [2.05, 4.69) is 20.9 Å². The molecule has 0 aliphatic heterocycles. The highest BCUT2D eigenvalue weighted by Crippen LogP contribution is 2.28. The Kier molecular flexibility index (Phi) is 4.38. The van der Waals surface area contributed by atoms with Crippen molar-refractivity contribution in [3.05, 3.63) is 26.6 Å². The largest absolute Gasteiger partial charge is 0.478 e. The van der Waals surface area contributed by atoms with Crippen LogP contribution in [0.4, 0.5) is 8.78 Å². The van der Waals surface area contributed by atoms with E-state index in [0.717, 1.165) is 6.07 Å². The maximum atomic E-state index is 12.6. The summed E-state index contributed by atoms with van der Waals surface area (Å²) in [6.45, 7) is 0. The van der Waals surface area contributed by atoms with Crippen LogP contribution in [0.5, 0.6) is 0 Å². The Hall–Kier alpha value is -0.310. The van der Waals surface area contributed by atoms with Gasteiger partial charge in [-0.3, -0.25) is 0 Å². The van der Waals surface area contributed by atoms with Crippen LogP contribution in [0.2, 0.25) is 0 Å². The highest BCUT2D eigenvalue weighted by molar-refractivity contribution is 14.1. The lowest BCUT2D eigenvalue weighted by Crippen LogP contribution is -2.08. The number of carboxylic acids is 1. The van der Waals surface area contributed by atoms with E-state index >= 15 is 0 Å². The summed E-state index contributed by atoms with van der Waals surface area (Å²) >= 11 is 4.70. The number of aromatic carboxylic acids is 1. The van der Waals surface area contributed by atoms with Crippen LogP contribution in [0, 0.1) is 3.70 Å². The van der Waals surface area contributed by atoms with Crippen LogP contribution in [0.15, 0.2) is 6.07 Å². The Morgan fingerprint density at radius 2 is 2.27 bits per heavy atom. The van der Waals surface area contributed by atoms with E-state index in [1.54, 1.807) is 22.6 Å². The zero-order valence-corrected chi connectivity index (χ0v) is 10.9. The van der Waals surface area contributed by atoms with Crippen LogP contribution < -0.4 is 0 Å². The Bertz CT molecular complexity index is 400. The van der Waals surface area contributed by atoms with E-state index in [1.807, 2.05) is 0 Å². The van der Waals surface area contributed by atoms with Crippen LogP contribution >= 0.6 is 38.5 Å². The first kappa shape index (κ1) is 12.8. The zero-order chi connectivity index (χ0) is 11.6. The predicted molar refractivity (Wildman–Crippen MR) is 61.5 cm³/mol. The number of hydrogen-bond donors (Lipinski definition) is 1. The fraction of sp³-hybridized carbons (Fsp3) is 0.250. The van der Waals surface area contributed by atoms with Gasteiger partial charge in [0.25, 0.3) is 6.43 Å². The Labute approximate surface area is 106 Å². The second-order valence-corrected chi connectivity index (χ2v) is 4.19. The normalized spacial score (nSPS) is 10.7. The Morgan fingerprint density at radius 3 is 2.67 bits per heavy atom. The van der Waals surface area contributed by atoms with E-state index in [0.29, 0.717) is 11.0 Å². The van der Waals surface area contributed by atoms with Crippen LogP contribution in [0.25, 0.3) is 0 Å².